The Kier molecular flexibility index (Phi) is 13.7. The van der Waals surface area contributed by atoms with Gasteiger partial charge in [-0.25, -0.2) is 0 Å². The number of hydrogen-bond acceptors (Lipinski definition) is 5. The Balaban J connectivity index is 6.30. The Labute approximate surface area is 246 Å². The normalized spacial score (nSPS) is 17.4. The summed E-state index contributed by atoms with van der Waals surface area (Å²) in [5, 5.41) is -0.00686. The highest BCUT2D eigenvalue weighted by Crippen LogP contribution is 2.44. The Hall–Kier alpha value is -0.289. The van der Waals surface area contributed by atoms with E-state index in [1.807, 2.05) is 20.8 Å². The Morgan fingerprint density at radius 3 is 1.56 bits per heavy atom. The molecule has 0 radical (unpaired) electrons. The van der Waals surface area contributed by atoms with E-state index in [9.17, 15) is 9.59 Å². The molecule has 5 nitrogen and oxygen atoms in total. The second-order valence-electron chi connectivity index (χ2n) is 16.7. The number of Topliss-reactive ketones (excluding diaryl/α,β-unsaturated/α-hetero) is 1. The minimum Gasteiger partial charge on any atom is -0.466 e. The van der Waals surface area contributed by atoms with Crippen molar-refractivity contribution < 1.29 is 23.2 Å². The lowest BCUT2D eigenvalue weighted by Crippen LogP contribution is -2.54. The van der Waals surface area contributed by atoms with E-state index in [2.05, 4.69) is 101 Å². The molecule has 0 aliphatic rings. The fraction of sp³-hybridized carbons (Fsp3) is 0.935. The van der Waals surface area contributed by atoms with Crippen LogP contribution in [0.5, 0.6) is 0 Å². The number of hydrogen-bond donors (Lipinski definition) is 0. The zero-order valence-corrected chi connectivity index (χ0v) is 32.2. The van der Waals surface area contributed by atoms with Crippen LogP contribution in [0.4, 0.5) is 0 Å². The summed E-state index contributed by atoms with van der Waals surface area (Å²) >= 11 is 0. The molecule has 39 heavy (non-hydrogen) atoms. The fourth-order valence-corrected chi connectivity index (χ4v) is 7.64. The van der Waals surface area contributed by atoms with Crippen molar-refractivity contribution in [3.8, 4) is 0 Å². The molecule has 0 aliphatic heterocycles. The third-order valence-corrected chi connectivity index (χ3v) is 20.2. The molecule has 4 atom stereocenters. The van der Waals surface area contributed by atoms with Gasteiger partial charge in [-0.2, -0.15) is 0 Å². The summed E-state index contributed by atoms with van der Waals surface area (Å²) in [6, 6.07) is 0.924. The maximum Gasteiger partial charge on any atom is 0.308 e. The van der Waals surface area contributed by atoms with Crippen LogP contribution in [0.1, 0.15) is 89.0 Å². The largest absolute Gasteiger partial charge is 0.466 e. The average molecular weight is 603 g/mol. The van der Waals surface area contributed by atoms with E-state index in [4.69, 9.17) is 13.6 Å². The molecular weight excluding hydrogens is 537 g/mol. The van der Waals surface area contributed by atoms with E-state index in [1.54, 1.807) is 0 Å². The van der Waals surface area contributed by atoms with E-state index in [1.165, 1.54) is 0 Å². The summed E-state index contributed by atoms with van der Waals surface area (Å²) < 4.78 is 19.5. The van der Waals surface area contributed by atoms with Gasteiger partial charge in [-0.05, 0) is 48.2 Å². The molecule has 0 fully saturated rings. The lowest BCUT2D eigenvalue weighted by Gasteiger charge is -2.46. The van der Waals surface area contributed by atoms with Gasteiger partial charge < -0.3 is 13.6 Å². The number of carbonyl (C=O) groups excluding carboxylic acids is 2. The van der Waals surface area contributed by atoms with Crippen LogP contribution in [0.15, 0.2) is 0 Å². The number of ketones is 1. The van der Waals surface area contributed by atoms with Gasteiger partial charge in [0.1, 0.15) is 5.78 Å². The average Bonchev–Trinajstić information content (AvgIpc) is 2.72. The molecule has 0 aromatic carbocycles. The summed E-state index contributed by atoms with van der Waals surface area (Å²) in [6.07, 6.45) is 0.281. The summed E-state index contributed by atoms with van der Waals surface area (Å²) in [7, 11) is -5.72. The molecule has 0 aliphatic carbocycles. The monoisotopic (exact) mass is 602 g/mol. The van der Waals surface area contributed by atoms with Crippen molar-refractivity contribution in [1.29, 1.82) is 0 Å². The van der Waals surface area contributed by atoms with Crippen molar-refractivity contribution in [1.82, 2.24) is 0 Å². The predicted molar refractivity (Wildman–Crippen MR) is 175 cm³/mol. The lowest BCUT2D eigenvalue weighted by atomic mass is 9.73. The number of rotatable bonds is 15. The minimum absolute atomic E-state index is 0.0463. The third-order valence-electron chi connectivity index (χ3n) is 9.50. The molecular formula is C31H66O5Si3. The smallest absolute Gasteiger partial charge is 0.308 e. The molecule has 0 aromatic rings. The SMILES string of the molecule is CC[C@H](C)[C@H](O[Si](C)(C)C(C)(C)C)[C@@H](C)C(=O)C(C)(C)[C@H](CC(=O)OCC[Si](C)(C)C)O[Si](C)(C)C(C)(C)C. The second-order valence-corrected chi connectivity index (χ2v) is 31.8. The van der Waals surface area contributed by atoms with E-state index in [0.29, 0.717) is 6.61 Å². The minimum atomic E-state index is -2.28. The van der Waals surface area contributed by atoms with Crippen molar-refractivity contribution in [3.05, 3.63) is 0 Å². The van der Waals surface area contributed by atoms with E-state index in [0.717, 1.165) is 12.5 Å². The molecule has 232 valence electrons. The van der Waals surface area contributed by atoms with Gasteiger partial charge in [0.05, 0.1) is 25.2 Å². The van der Waals surface area contributed by atoms with Crippen LogP contribution >= 0.6 is 0 Å². The molecule has 0 aromatic heterocycles. The van der Waals surface area contributed by atoms with E-state index in [-0.39, 0.29) is 46.2 Å². The zero-order valence-electron chi connectivity index (χ0n) is 29.2. The van der Waals surface area contributed by atoms with Crippen LogP contribution in [0, 0.1) is 17.3 Å². The molecule has 0 amide bonds. The van der Waals surface area contributed by atoms with Crippen molar-refractivity contribution >= 4 is 36.5 Å². The summed E-state index contributed by atoms with van der Waals surface area (Å²) in [6.45, 7) is 39.7. The highest BCUT2D eigenvalue weighted by atomic mass is 28.4. The highest BCUT2D eigenvalue weighted by Gasteiger charge is 2.50. The van der Waals surface area contributed by atoms with Crippen molar-refractivity contribution in [2.24, 2.45) is 17.3 Å². The van der Waals surface area contributed by atoms with Crippen LogP contribution in [-0.4, -0.2) is 55.3 Å². The Morgan fingerprint density at radius 2 is 1.18 bits per heavy atom. The summed E-state index contributed by atoms with van der Waals surface area (Å²) in [5.74, 6) is -0.260. The molecule has 0 saturated heterocycles. The number of esters is 1. The molecule has 0 spiro atoms. The van der Waals surface area contributed by atoms with Crippen LogP contribution in [-0.2, 0) is 23.2 Å². The standard InChI is InChI=1S/C31H66O5Si3/c1-19-23(2)27(36-39(17,18)30(7,8)9)24(3)28(33)31(10,11)25(35-38(15,16)29(4,5)6)22-26(32)34-20-21-37(12,13)14/h23-25,27H,19-22H2,1-18H3/t23-,24+,25-,27-/m0/s1. The fourth-order valence-electron chi connectivity index (χ4n) is 4.01. The van der Waals surface area contributed by atoms with Crippen molar-refractivity contribution in [3.63, 3.8) is 0 Å². The first kappa shape index (κ1) is 38.7. The first-order chi connectivity index (χ1) is 17.1. The first-order valence-corrected chi connectivity index (χ1v) is 24.7. The van der Waals surface area contributed by atoms with Crippen LogP contribution in [0.2, 0.25) is 61.9 Å². The zero-order chi connectivity index (χ0) is 31.4. The molecule has 0 bridgehead atoms. The summed E-state index contributed by atoms with van der Waals surface area (Å²) in [5.41, 5.74) is -0.880. The van der Waals surface area contributed by atoms with Gasteiger partial charge in [-0.15, -0.1) is 0 Å². The molecule has 8 heteroatoms. The second kappa shape index (κ2) is 13.8. The maximum absolute atomic E-state index is 14.4. The van der Waals surface area contributed by atoms with Crippen LogP contribution in [0.3, 0.4) is 0 Å². The third kappa shape index (κ3) is 11.5. The topological polar surface area (TPSA) is 61.8 Å². The quantitative estimate of drug-likeness (QED) is 0.138. The van der Waals surface area contributed by atoms with Gasteiger partial charge in [0.2, 0.25) is 0 Å². The van der Waals surface area contributed by atoms with E-state index >= 15 is 0 Å². The molecule has 0 rings (SSSR count). The highest BCUT2D eigenvalue weighted by molar-refractivity contribution is 6.76. The van der Waals surface area contributed by atoms with E-state index < -0.39 is 36.2 Å². The Morgan fingerprint density at radius 1 is 0.744 bits per heavy atom. The predicted octanol–water partition coefficient (Wildman–Crippen LogP) is 9.32. The Bertz CT molecular complexity index is 801. The number of carbonyl (C=O) groups is 2. The lowest BCUT2D eigenvalue weighted by molar-refractivity contribution is -0.150. The molecule has 0 saturated carbocycles. The van der Waals surface area contributed by atoms with Gasteiger partial charge in [0, 0.05) is 19.4 Å². The molecule has 0 heterocycles. The van der Waals surface area contributed by atoms with Gasteiger partial charge in [0.15, 0.2) is 16.6 Å². The van der Waals surface area contributed by atoms with Crippen LogP contribution < -0.4 is 0 Å². The van der Waals surface area contributed by atoms with Gasteiger partial charge in [-0.1, -0.05) is 102 Å². The maximum atomic E-state index is 14.4. The first-order valence-electron chi connectivity index (χ1n) is 15.2. The van der Waals surface area contributed by atoms with Gasteiger partial charge in [0.25, 0.3) is 0 Å². The number of ether oxygens (including phenoxy) is 1. The molecule has 0 N–H and O–H groups in total. The summed E-state index contributed by atoms with van der Waals surface area (Å²) in [4.78, 5) is 27.5. The van der Waals surface area contributed by atoms with Gasteiger partial charge in [-0.3, -0.25) is 9.59 Å². The van der Waals surface area contributed by atoms with Gasteiger partial charge >= 0.3 is 5.97 Å². The molecule has 0 unspecified atom stereocenters. The van der Waals surface area contributed by atoms with Crippen molar-refractivity contribution in [2.75, 3.05) is 6.61 Å². The van der Waals surface area contributed by atoms with Crippen molar-refractivity contribution in [2.45, 2.75) is 163 Å². The van der Waals surface area contributed by atoms with Crippen LogP contribution in [0.25, 0.3) is 0 Å².